The van der Waals surface area contributed by atoms with E-state index in [1.54, 1.807) is 0 Å². The van der Waals surface area contributed by atoms with Gasteiger partial charge in [0.15, 0.2) is 6.79 Å². The summed E-state index contributed by atoms with van der Waals surface area (Å²) in [5, 5.41) is 12.5. The topological polar surface area (TPSA) is 101 Å². The molecule has 0 bridgehead atoms. The van der Waals surface area contributed by atoms with E-state index < -0.39 is 26.7 Å². The molecule has 0 saturated heterocycles. The second kappa shape index (κ2) is 9.37. The molecule has 0 fully saturated rings. The van der Waals surface area contributed by atoms with Gasteiger partial charge in [0.1, 0.15) is 12.4 Å². The molecule has 7 nitrogen and oxygen atoms in total. The first-order chi connectivity index (χ1) is 13.2. The molecule has 0 saturated carbocycles. The quantitative estimate of drug-likeness (QED) is 0.406. The number of carbonyl (C=O) groups excluding carboxylic acids is 1. The van der Waals surface area contributed by atoms with Gasteiger partial charge < -0.3 is 24.7 Å². The number of H-pyrrole nitrogens is 1. The number of amides is 1. The summed E-state index contributed by atoms with van der Waals surface area (Å²) in [7, 11) is -2.73. The van der Waals surface area contributed by atoms with Crippen LogP contribution in [0.3, 0.4) is 0 Å². The highest BCUT2D eigenvalue weighted by molar-refractivity contribution is 7.40. The number of aliphatic hydroxyl groups is 1. The number of fused-ring (bicyclic) bond motifs is 1. The summed E-state index contributed by atoms with van der Waals surface area (Å²) >= 11 is 0. The van der Waals surface area contributed by atoms with Crippen LogP contribution in [0.4, 0.5) is 4.79 Å². The zero-order valence-corrected chi connectivity index (χ0v) is 15.6. The molecular formula is C19H21N2O5P. The molecule has 1 aromatic heterocycles. The molecule has 1 heterocycles. The molecule has 2 atom stereocenters. The summed E-state index contributed by atoms with van der Waals surface area (Å²) in [6.07, 6.45) is 1.40. The summed E-state index contributed by atoms with van der Waals surface area (Å²) in [6.45, 7) is -0.572. The molecule has 8 heteroatoms. The highest BCUT2D eigenvalue weighted by atomic mass is 31.1. The van der Waals surface area contributed by atoms with E-state index in [4.69, 9.17) is 14.4 Å². The Labute approximate surface area is 157 Å². The smallest absolute Gasteiger partial charge is 0.408 e. The number of rotatable bonds is 8. The Kier molecular flexibility index (Phi) is 6.65. The van der Waals surface area contributed by atoms with E-state index in [-0.39, 0.29) is 13.0 Å². The number of aromatic amines is 1. The predicted octanol–water partition coefficient (Wildman–Crippen LogP) is 3.40. The van der Waals surface area contributed by atoms with Crippen LogP contribution in [0.5, 0.6) is 0 Å². The van der Waals surface area contributed by atoms with Crippen LogP contribution in [0, 0.1) is 0 Å². The molecular weight excluding hydrogens is 367 g/mol. The van der Waals surface area contributed by atoms with Gasteiger partial charge in [-0.05, 0) is 17.2 Å². The Balaban J connectivity index is 1.67. The number of aliphatic hydroxyl groups excluding tert-OH is 1. The first-order valence-corrected chi connectivity index (χ1v) is 9.86. The van der Waals surface area contributed by atoms with Gasteiger partial charge in [0.05, 0.1) is 0 Å². The van der Waals surface area contributed by atoms with Crippen molar-refractivity contribution in [2.45, 2.75) is 18.8 Å². The van der Waals surface area contributed by atoms with E-state index in [0.29, 0.717) is 0 Å². The molecule has 0 aliphatic heterocycles. The van der Waals surface area contributed by atoms with Gasteiger partial charge in [-0.2, -0.15) is 0 Å². The van der Waals surface area contributed by atoms with Gasteiger partial charge in [-0.3, -0.25) is 4.57 Å². The fourth-order valence-corrected chi connectivity index (χ4v) is 3.74. The third kappa shape index (κ3) is 5.20. The molecule has 0 radical (unpaired) electrons. The van der Waals surface area contributed by atoms with Gasteiger partial charge in [-0.25, -0.2) is 4.79 Å². The van der Waals surface area contributed by atoms with Crippen molar-refractivity contribution in [3.63, 3.8) is 0 Å². The Hall–Kier alpha value is -2.60. The maximum Gasteiger partial charge on any atom is 0.408 e. The minimum Gasteiger partial charge on any atom is -0.445 e. The van der Waals surface area contributed by atoms with Crippen LogP contribution in [0.15, 0.2) is 60.8 Å². The predicted molar refractivity (Wildman–Crippen MR) is 103 cm³/mol. The third-order valence-corrected chi connectivity index (χ3v) is 5.43. The monoisotopic (exact) mass is 388 g/mol. The Bertz CT molecular complexity index is 913. The number of benzene rings is 2. The molecule has 27 heavy (non-hydrogen) atoms. The van der Waals surface area contributed by atoms with Crippen LogP contribution in [0.2, 0.25) is 0 Å². The summed E-state index contributed by atoms with van der Waals surface area (Å²) in [6, 6.07) is 17.0. The zero-order valence-electron chi connectivity index (χ0n) is 14.6. The van der Waals surface area contributed by atoms with Gasteiger partial charge in [-0.1, -0.05) is 48.5 Å². The highest BCUT2D eigenvalue weighted by Gasteiger charge is 2.22. The summed E-state index contributed by atoms with van der Waals surface area (Å²) in [5.74, 6) is -0.801. The molecule has 2 aromatic carbocycles. The lowest BCUT2D eigenvalue weighted by Gasteiger charge is -2.17. The van der Waals surface area contributed by atoms with E-state index in [9.17, 15) is 9.36 Å². The molecule has 3 rings (SSSR count). The number of hydrogen-bond acceptors (Lipinski definition) is 5. The highest BCUT2D eigenvalue weighted by Crippen LogP contribution is 2.31. The number of ether oxygens (including phenoxy) is 1. The van der Waals surface area contributed by atoms with Crippen LogP contribution in [-0.2, 0) is 26.9 Å². The SMILES string of the molecule is O=C(NC(Cc1c[nH]c2ccccc12)[PH](=O)OCO)OCc1ccccc1. The third-order valence-electron chi connectivity index (χ3n) is 4.10. The lowest BCUT2D eigenvalue weighted by molar-refractivity contribution is 0.103. The molecule has 3 aromatic rings. The average molecular weight is 388 g/mol. The number of para-hydroxylation sites is 1. The van der Waals surface area contributed by atoms with Crippen LogP contribution in [-0.4, -0.2) is 28.8 Å². The van der Waals surface area contributed by atoms with Gasteiger partial charge in [0, 0.05) is 23.5 Å². The normalized spacial score (nSPS) is 13.2. The first-order valence-electron chi connectivity index (χ1n) is 8.47. The molecule has 1 amide bonds. The molecule has 0 aliphatic rings. The van der Waals surface area contributed by atoms with E-state index in [1.165, 1.54) is 0 Å². The molecule has 0 aliphatic carbocycles. The molecule has 142 valence electrons. The minimum absolute atomic E-state index is 0.105. The fraction of sp³-hybridized carbons (Fsp3) is 0.211. The Morgan fingerprint density at radius 1 is 1.15 bits per heavy atom. The van der Waals surface area contributed by atoms with Crippen LogP contribution in [0.25, 0.3) is 10.9 Å². The van der Waals surface area contributed by atoms with Crippen molar-refractivity contribution in [1.82, 2.24) is 10.3 Å². The van der Waals surface area contributed by atoms with Crippen LogP contribution >= 0.6 is 8.03 Å². The van der Waals surface area contributed by atoms with Crippen molar-refractivity contribution in [1.29, 1.82) is 0 Å². The van der Waals surface area contributed by atoms with Crippen molar-refractivity contribution in [3.05, 3.63) is 71.9 Å². The second-order valence-corrected chi connectivity index (χ2v) is 7.54. The van der Waals surface area contributed by atoms with Crippen molar-refractivity contribution >= 4 is 25.0 Å². The maximum absolute atomic E-state index is 12.3. The number of nitrogens with one attached hydrogen (secondary N) is 2. The van der Waals surface area contributed by atoms with Crippen LogP contribution < -0.4 is 5.32 Å². The van der Waals surface area contributed by atoms with Gasteiger partial charge in [0.25, 0.3) is 0 Å². The Morgan fingerprint density at radius 2 is 1.89 bits per heavy atom. The van der Waals surface area contributed by atoms with Crippen molar-refractivity contribution in [3.8, 4) is 0 Å². The van der Waals surface area contributed by atoms with E-state index >= 15 is 0 Å². The summed E-state index contributed by atoms with van der Waals surface area (Å²) in [5.41, 5.74) is 2.68. The number of aromatic nitrogens is 1. The number of alkyl carbamates (subject to hydrolysis) is 1. The lowest BCUT2D eigenvalue weighted by Crippen LogP contribution is -2.34. The fourth-order valence-electron chi connectivity index (χ4n) is 2.78. The molecule has 0 spiro atoms. The lowest BCUT2D eigenvalue weighted by atomic mass is 10.1. The number of hydrogen-bond donors (Lipinski definition) is 3. The zero-order chi connectivity index (χ0) is 19.1. The van der Waals surface area contributed by atoms with E-state index in [0.717, 1.165) is 22.0 Å². The van der Waals surface area contributed by atoms with Crippen molar-refractivity contribution in [2.75, 3.05) is 6.79 Å². The standard InChI is InChI=1S/C19H21N2O5P/c22-13-26-27(24)18(10-15-11-20-17-9-5-4-8-16(15)17)21-19(23)25-12-14-6-2-1-3-7-14/h1-9,11,18,20,22,27H,10,12-13H2,(H,21,23). The van der Waals surface area contributed by atoms with Gasteiger partial charge in [-0.15, -0.1) is 0 Å². The maximum atomic E-state index is 12.3. The molecule has 2 unspecified atom stereocenters. The largest absolute Gasteiger partial charge is 0.445 e. The first kappa shape index (κ1) is 19.2. The van der Waals surface area contributed by atoms with Crippen LogP contribution in [0.1, 0.15) is 11.1 Å². The van der Waals surface area contributed by atoms with Crippen molar-refractivity contribution < 1.29 is 23.7 Å². The van der Waals surface area contributed by atoms with Crippen molar-refractivity contribution in [2.24, 2.45) is 0 Å². The van der Waals surface area contributed by atoms with E-state index in [1.807, 2.05) is 60.8 Å². The Morgan fingerprint density at radius 3 is 2.67 bits per heavy atom. The van der Waals surface area contributed by atoms with E-state index in [2.05, 4.69) is 10.3 Å². The number of carbonyl (C=O) groups is 1. The minimum atomic E-state index is -2.73. The molecule has 3 N–H and O–H groups in total. The average Bonchev–Trinajstić information content (AvgIpc) is 3.10. The van der Waals surface area contributed by atoms with Gasteiger partial charge in [0.2, 0.25) is 8.03 Å². The summed E-state index contributed by atoms with van der Waals surface area (Å²) in [4.78, 5) is 15.3. The summed E-state index contributed by atoms with van der Waals surface area (Å²) < 4.78 is 22.4. The second-order valence-electron chi connectivity index (χ2n) is 5.91. The van der Waals surface area contributed by atoms with Gasteiger partial charge >= 0.3 is 6.09 Å².